The van der Waals surface area contributed by atoms with Crippen molar-refractivity contribution in [2.75, 3.05) is 18.0 Å². The molecule has 1 N–H and O–H groups in total. The van der Waals surface area contributed by atoms with Crippen molar-refractivity contribution >= 4 is 22.8 Å². The van der Waals surface area contributed by atoms with Crippen LogP contribution in [0.15, 0.2) is 29.1 Å². The average molecular weight is 354 g/mol. The van der Waals surface area contributed by atoms with Crippen molar-refractivity contribution < 1.29 is 14.3 Å². The van der Waals surface area contributed by atoms with Gasteiger partial charge in [-0.2, -0.15) is 0 Å². The van der Waals surface area contributed by atoms with E-state index in [4.69, 9.17) is 4.42 Å². The third-order valence-corrected chi connectivity index (χ3v) is 5.42. The molecule has 0 aromatic carbocycles. The number of fused-ring (bicyclic) bond motifs is 1. The molecule has 26 heavy (non-hydrogen) atoms. The molecule has 1 aliphatic heterocycles. The molecular formula is C19H22N4O3. The SMILES string of the molecule is Cc1c(C)n(Cc2ccco2)c2ncnc(N3CCC(C(=O)O)CC3)c12. The molecule has 1 fully saturated rings. The van der Waals surface area contributed by atoms with Crippen LogP contribution in [0.1, 0.15) is 29.9 Å². The second-order valence-electron chi connectivity index (χ2n) is 6.87. The first kappa shape index (κ1) is 16.6. The summed E-state index contributed by atoms with van der Waals surface area (Å²) in [6.07, 6.45) is 4.56. The van der Waals surface area contributed by atoms with Crippen molar-refractivity contribution in [2.45, 2.75) is 33.2 Å². The molecule has 1 saturated heterocycles. The summed E-state index contributed by atoms with van der Waals surface area (Å²) < 4.78 is 7.65. The summed E-state index contributed by atoms with van der Waals surface area (Å²) in [4.78, 5) is 22.5. The van der Waals surface area contributed by atoms with Gasteiger partial charge in [-0.1, -0.05) is 0 Å². The van der Waals surface area contributed by atoms with E-state index >= 15 is 0 Å². The minimum Gasteiger partial charge on any atom is -0.481 e. The number of furan rings is 1. The first-order valence-electron chi connectivity index (χ1n) is 8.86. The van der Waals surface area contributed by atoms with Crippen LogP contribution in [0.4, 0.5) is 5.82 Å². The number of piperidine rings is 1. The van der Waals surface area contributed by atoms with Gasteiger partial charge in [0.2, 0.25) is 0 Å². The number of carboxylic acid groups (broad SMARTS) is 1. The van der Waals surface area contributed by atoms with Crippen LogP contribution in [-0.4, -0.2) is 38.7 Å². The maximum absolute atomic E-state index is 11.2. The van der Waals surface area contributed by atoms with Gasteiger partial charge in [0, 0.05) is 18.8 Å². The summed E-state index contributed by atoms with van der Waals surface area (Å²) in [5.74, 6) is 0.828. The lowest BCUT2D eigenvalue weighted by molar-refractivity contribution is -0.142. The number of rotatable bonds is 4. The highest BCUT2D eigenvalue weighted by molar-refractivity contribution is 5.92. The van der Waals surface area contributed by atoms with Gasteiger partial charge in [0.1, 0.15) is 23.6 Å². The molecule has 136 valence electrons. The van der Waals surface area contributed by atoms with E-state index in [0.29, 0.717) is 32.5 Å². The molecule has 4 heterocycles. The van der Waals surface area contributed by atoms with Crippen molar-refractivity contribution in [3.05, 3.63) is 41.7 Å². The number of hydrogen-bond acceptors (Lipinski definition) is 5. The van der Waals surface area contributed by atoms with Crippen LogP contribution in [-0.2, 0) is 11.3 Å². The monoisotopic (exact) mass is 354 g/mol. The van der Waals surface area contributed by atoms with Gasteiger partial charge < -0.3 is 19.0 Å². The van der Waals surface area contributed by atoms with Crippen molar-refractivity contribution in [1.82, 2.24) is 14.5 Å². The Bertz CT molecular complexity index is 938. The Morgan fingerprint density at radius 2 is 2.08 bits per heavy atom. The molecule has 0 radical (unpaired) electrons. The minimum absolute atomic E-state index is 0.255. The first-order valence-corrected chi connectivity index (χ1v) is 8.86. The molecular weight excluding hydrogens is 332 g/mol. The van der Waals surface area contributed by atoms with Gasteiger partial charge in [-0.05, 0) is 44.4 Å². The zero-order valence-electron chi connectivity index (χ0n) is 15.0. The predicted octanol–water partition coefficient (Wildman–Crippen LogP) is 2.99. The summed E-state index contributed by atoms with van der Waals surface area (Å²) in [5, 5.41) is 10.3. The minimum atomic E-state index is -0.700. The lowest BCUT2D eigenvalue weighted by Crippen LogP contribution is -2.36. The quantitative estimate of drug-likeness (QED) is 0.775. The Morgan fingerprint density at radius 1 is 1.31 bits per heavy atom. The number of aromatic nitrogens is 3. The van der Waals surface area contributed by atoms with Crippen LogP contribution in [0.5, 0.6) is 0 Å². The molecule has 0 amide bonds. The van der Waals surface area contributed by atoms with Gasteiger partial charge in [-0.25, -0.2) is 9.97 Å². The summed E-state index contributed by atoms with van der Waals surface area (Å²) >= 11 is 0. The number of carboxylic acids is 1. The predicted molar refractivity (Wildman–Crippen MR) is 97.4 cm³/mol. The number of hydrogen-bond donors (Lipinski definition) is 1. The van der Waals surface area contributed by atoms with Crippen LogP contribution in [0, 0.1) is 19.8 Å². The fourth-order valence-electron chi connectivity index (χ4n) is 3.78. The molecule has 1 aliphatic rings. The van der Waals surface area contributed by atoms with Crippen molar-refractivity contribution in [2.24, 2.45) is 5.92 Å². The maximum atomic E-state index is 11.2. The van der Waals surface area contributed by atoms with Crippen LogP contribution in [0.3, 0.4) is 0 Å². The lowest BCUT2D eigenvalue weighted by atomic mass is 9.97. The zero-order chi connectivity index (χ0) is 18.3. The molecule has 4 rings (SSSR count). The van der Waals surface area contributed by atoms with E-state index in [-0.39, 0.29) is 5.92 Å². The maximum Gasteiger partial charge on any atom is 0.306 e. The molecule has 0 bridgehead atoms. The highest BCUT2D eigenvalue weighted by Crippen LogP contribution is 2.33. The zero-order valence-corrected chi connectivity index (χ0v) is 15.0. The third kappa shape index (κ3) is 2.73. The molecule has 7 heteroatoms. The van der Waals surface area contributed by atoms with Gasteiger partial charge in [0.15, 0.2) is 0 Å². The normalized spacial score (nSPS) is 15.7. The second kappa shape index (κ2) is 6.48. The molecule has 0 unspecified atom stereocenters. The van der Waals surface area contributed by atoms with Gasteiger partial charge in [-0.3, -0.25) is 4.79 Å². The fraction of sp³-hybridized carbons (Fsp3) is 0.421. The molecule has 7 nitrogen and oxygen atoms in total. The van der Waals surface area contributed by atoms with Crippen molar-refractivity contribution in [3.8, 4) is 0 Å². The van der Waals surface area contributed by atoms with Crippen molar-refractivity contribution in [1.29, 1.82) is 0 Å². The van der Waals surface area contributed by atoms with Crippen LogP contribution < -0.4 is 4.90 Å². The number of nitrogens with zero attached hydrogens (tertiary/aromatic N) is 4. The highest BCUT2D eigenvalue weighted by atomic mass is 16.4. The van der Waals surface area contributed by atoms with Gasteiger partial charge in [-0.15, -0.1) is 0 Å². The molecule has 0 spiro atoms. The lowest BCUT2D eigenvalue weighted by Gasteiger charge is -2.31. The molecule has 3 aromatic rings. The topological polar surface area (TPSA) is 84.4 Å². The Balaban J connectivity index is 1.72. The summed E-state index contributed by atoms with van der Waals surface area (Å²) in [6, 6.07) is 3.84. The molecule has 0 aliphatic carbocycles. The molecule has 0 atom stereocenters. The van der Waals surface area contributed by atoms with Gasteiger partial charge in [0.05, 0.1) is 24.1 Å². The van der Waals surface area contributed by atoms with E-state index in [9.17, 15) is 9.90 Å². The molecule has 0 saturated carbocycles. The Kier molecular flexibility index (Phi) is 4.14. The second-order valence-corrected chi connectivity index (χ2v) is 6.87. The van der Waals surface area contributed by atoms with E-state index < -0.39 is 5.97 Å². The first-order chi connectivity index (χ1) is 12.6. The number of aryl methyl sites for hydroxylation is 1. The summed E-state index contributed by atoms with van der Waals surface area (Å²) in [5.41, 5.74) is 3.18. The van der Waals surface area contributed by atoms with Crippen LogP contribution >= 0.6 is 0 Å². The Labute approximate surface area is 151 Å². The number of carbonyl (C=O) groups is 1. The van der Waals surface area contributed by atoms with Crippen LogP contribution in [0.2, 0.25) is 0 Å². The standard InChI is InChI=1S/C19H22N4O3/c1-12-13(2)23(10-15-4-3-9-26-15)18-16(12)17(20-11-21-18)22-7-5-14(6-8-22)19(24)25/h3-4,9,11,14H,5-8,10H2,1-2H3,(H,24,25). The molecule has 3 aromatic heterocycles. The van der Waals surface area contributed by atoms with Crippen molar-refractivity contribution in [3.63, 3.8) is 0 Å². The summed E-state index contributed by atoms with van der Waals surface area (Å²) in [7, 11) is 0. The number of aliphatic carboxylic acids is 1. The fourth-order valence-corrected chi connectivity index (χ4v) is 3.78. The summed E-state index contributed by atoms with van der Waals surface area (Å²) in [6.45, 7) is 6.20. The smallest absolute Gasteiger partial charge is 0.306 e. The van der Waals surface area contributed by atoms with Gasteiger partial charge in [0.25, 0.3) is 0 Å². The number of anilines is 1. The Hall–Kier alpha value is -2.83. The van der Waals surface area contributed by atoms with Gasteiger partial charge >= 0.3 is 5.97 Å². The highest BCUT2D eigenvalue weighted by Gasteiger charge is 2.27. The average Bonchev–Trinajstić information content (AvgIpc) is 3.25. The van der Waals surface area contributed by atoms with E-state index in [0.717, 1.165) is 33.9 Å². The third-order valence-electron chi connectivity index (χ3n) is 5.42. The van der Waals surface area contributed by atoms with E-state index in [1.165, 1.54) is 0 Å². The Morgan fingerprint density at radius 3 is 2.73 bits per heavy atom. The van der Waals surface area contributed by atoms with E-state index in [1.807, 2.05) is 12.1 Å². The van der Waals surface area contributed by atoms with Crippen LogP contribution in [0.25, 0.3) is 11.0 Å². The van der Waals surface area contributed by atoms with E-state index in [2.05, 4.69) is 33.3 Å². The van der Waals surface area contributed by atoms with E-state index in [1.54, 1.807) is 12.6 Å². The largest absolute Gasteiger partial charge is 0.481 e.